The van der Waals surface area contributed by atoms with Gasteiger partial charge in [0.05, 0.1) is 26.4 Å². The molecule has 5 atom stereocenters. The quantitative estimate of drug-likeness (QED) is 0.0169. The van der Waals surface area contributed by atoms with Gasteiger partial charge >= 0.3 is 39.5 Å². The van der Waals surface area contributed by atoms with Crippen LogP contribution in [-0.4, -0.2) is 96.7 Å². The average molecular weight is 1360 g/mol. The lowest BCUT2D eigenvalue weighted by atomic mass is 10.1. The van der Waals surface area contributed by atoms with E-state index in [4.69, 9.17) is 37.0 Å². The summed E-state index contributed by atoms with van der Waals surface area (Å²) in [5.41, 5.74) is 0. The molecule has 0 rings (SSSR count). The SMILES string of the molecule is CC/C=C\C/C=C\C/C=C\C/C=C\CCCCC(=O)OCC(COP(=O)(O)OCC(O)COP(=O)(O)OCC(COC(=O)CCCCCCC/C=C\C/C=C\C/C=C\CC)OC(=O)CCCCCCC/C=C\C/C=C\CCC)OC(=O)CCCCCCC/C=C\CCCC. The van der Waals surface area contributed by atoms with E-state index < -0.39 is 97.5 Å². The van der Waals surface area contributed by atoms with Crippen LogP contribution in [0.2, 0.25) is 0 Å². The van der Waals surface area contributed by atoms with Crippen molar-refractivity contribution in [2.45, 2.75) is 290 Å². The lowest BCUT2D eigenvalue weighted by Gasteiger charge is -2.21. The molecule has 0 amide bonds. The van der Waals surface area contributed by atoms with Crippen molar-refractivity contribution in [2.24, 2.45) is 0 Å². The van der Waals surface area contributed by atoms with Crippen molar-refractivity contribution in [1.29, 1.82) is 0 Å². The van der Waals surface area contributed by atoms with Crippen molar-refractivity contribution < 1.29 is 80.2 Å². The fourth-order valence-corrected chi connectivity index (χ4v) is 10.5. The number of esters is 4. The maximum atomic E-state index is 13.0. The maximum absolute atomic E-state index is 13.0. The highest BCUT2D eigenvalue weighted by molar-refractivity contribution is 7.47. The van der Waals surface area contributed by atoms with Gasteiger partial charge in [0.1, 0.15) is 19.3 Å². The molecule has 3 N–H and O–H groups in total. The number of rotatable bonds is 66. The molecule has 0 aromatic heterocycles. The molecule has 0 aliphatic carbocycles. The summed E-state index contributed by atoms with van der Waals surface area (Å²) in [7, 11) is -9.96. The van der Waals surface area contributed by atoms with Gasteiger partial charge in [-0.1, -0.05) is 226 Å². The Hall–Kier alpha value is -4.54. The Labute approximate surface area is 568 Å². The number of hydrogen-bond acceptors (Lipinski definition) is 15. The summed E-state index contributed by atoms with van der Waals surface area (Å²) in [5.74, 6) is -2.27. The topological polar surface area (TPSA) is 237 Å². The number of ether oxygens (including phenoxy) is 4. The normalized spacial score (nSPS) is 14.8. The summed E-state index contributed by atoms with van der Waals surface area (Å²) >= 11 is 0. The first kappa shape index (κ1) is 89.5. The molecule has 0 bridgehead atoms. The van der Waals surface area contributed by atoms with Crippen LogP contribution in [0.4, 0.5) is 0 Å². The van der Waals surface area contributed by atoms with Gasteiger partial charge in [0.15, 0.2) is 12.2 Å². The minimum Gasteiger partial charge on any atom is -0.462 e. The van der Waals surface area contributed by atoms with Gasteiger partial charge in [0.25, 0.3) is 0 Å². The Morgan fingerprint density at radius 1 is 0.309 bits per heavy atom. The smallest absolute Gasteiger partial charge is 0.462 e. The fourth-order valence-electron chi connectivity index (χ4n) is 8.95. The highest BCUT2D eigenvalue weighted by atomic mass is 31.2. The van der Waals surface area contributed by atoms with Crippen LogP contribution in [0, 0.1) is 0 Å². The summed E-state index contributed by atoms with van der Waals surface area (Å²) < 4.78 is 68.2. The number of carbonyl (C=O) groups excluding carboxylic acids is 4. The monoisotopic (exact) mass is 1360 g/mol. The number of phosphoric ester groups is 2. The van der Waals surface area contributed by atoms with Gasteiger partial charge in [-0.15, -0.1) is 0 Å². The van der Waals surface area contributed by atoms with E-state index in [1.54, 1.807) is 0 Å². The zero-order chi connectivity index (χ0) is 69.0. The fraction of sp³-hybridized carbons (Fsp3) is 0.680. The molecule has 538 valence electrons. The summed E-state index contributed by atoms with van der Waals surface area (Å²) in [6, 6.07) is 0. The molecule has 0 fully saturated rings. The molecule has 17 nitrogen and oxygen atoms in total. The second-order valence-corrected chi connectivity index (χ2v) is 26.3. The van der Waals surface area contributed by atoms with E-state index >= 15 is 0 Å². The lowest BCUT2D eigenvalue weighted by molar-refractivity contribution is -0.161. The van der Waals surface area contributed by atoms with Crippen LogP contribution in [0.5, 0.6) is 0 Å². The highest BCUT2D eigenvalue weighted by Gasteiger charge is 2.30. The molecule has 0 saturated heterocycles. The van der Waals surface area contributed by atoms with Crippen LogP contribution in [0.3, 0.4) is 0 Å². The van der Waals surface area contributed by atoms with Gasteiger partial charge in [-0.3, -0.25) is 37.3 Å². The Morgan fingerprint density at radius 2 is 0.574 bits per heavy atom. The largest absolute Gasteiger partial charge is 0.472 e. The molecular formula is C75H126O17P2. The van der Waals surface area contributed by atoms with Gasteiger partial charge in [-0.2, -0.15) is 0 Å². The predicted molar refractivity (Wildman–Crippen MR) is 381 cm³/mol. The predicted octanol–water partition coefficient (Wildman–Crippen LogP) is 20.0. The van der Waals surface area contributed by atoms with Gasteiger partial charge in [-0.05, 0) is 141 Å². The van der Waals surface area contributed by atoms with E-state index in [9.17, 15) is 43.2 Å². The minimum atomic E-state index is -4.98. The van der Waals surface area contributed by atoms with Crippen molar-refractivity contribution in [3.63, 3.8) is 0 Å². The van der Waals surface area contributed by atoms with Crippen LogP contribution < -0.4 is 0 Å². The lowest BCUT2D eigenvalue weighted by Crippen LogP contribution is -2.30. The molecule has 94 heavy (non-hydrogen) atoms. The molecule has 0 heterocycles. The second kappa shape index (κ2) is 67.0. The molecule has 5 unspecified atom stereocenters. The Balaban J connectivity index is 5.38. The molecule has 0 spiro atoms. The number of aliphatic hydroxyl groups excluding tert-OH is 1. The van der Waals surface area contributed by atoms with Crippen LogP contribution >= 0.6 is 15.6 Å². The number of allylic oxidation sites excluding steroid dienone is 20. The zero-order valence-electron chi connectivity index (χ0n) is 58.3. The number of phosphoric acid groups is 2. The Bertz CT molecular complexity index is 2270. The molecule has 19 heteroatoms. The van der Waals surface area contributed by atoms with E-state index in [2.05, 4.69) is 149 Å². The molecule has 0 aromatic rings. The second-order valence-electron chi connectivity index (χ2n) is 23.4. The van der Waals surface area contributed by atoms with E-state index in [0.717, 1.165) is 180 Å². The number of unbranched alkanes of at least 4 members (excludes halogenated alkanes) is 20. The third-order valence-electron chi connectivity index (χ3n) is 14.4. The molecule has 0 aliphatic rings. The van der Waals surface area contributed by atoms with Crippen molar-refractivity contribution in [1.82, 2.24) is 0 Å². The van der Waals surface area contributed by atoms with E-state index in [-0.39, 0.29) is 25.7 Å². The molecule has 0 aliphatic heterocycles. The third-order valence-corrected chi connectivity index (χ3v) is 16.3. The minimum absolute atomic E-state index is 0.0715. The zero-order valence-corrected chi connectivity index (χ0v) is 60.1. The number of carbonyl (C=O) groups is 4. The van der Waals surface area contributed by atoms with Crippen LogP contribution in [0.15, 0.2) is 122 Å². The van der Waals surface area contributed by atoms with Gasteiger partial charge in [0.2, 0.25) is 0 Å². The summed E-state index contributed by atoms with van der Waals surface area (Å²) in [6.07, 6.45) is 70.7. The molecule has 0 aromatic carbocycles. The van der Waals surface area contributed by atoms with Gasteiger partial charge in [0, 0.05) is 25.7 Å². The summed E-state index contributed by atoms with van der Waals surface area (Å²) in [5, 5.41) is 10.6. The van der Waals surface area contributed by atoms with Crippen LogP contribution in [-0.2, 0) is 65.4 Å². The summed E-state index contributed by atoms with van der Waals surface area (Å²) in [6.45, 7) is 4.42. The molecular weight excluding hydrogens is 1230 g/mol. The van der Waals surface area contributed by atoms with Crippen LogP contribution in [0.1, 0.15) is 272 Å². The maximum Gasteiger partial charge on any atom is 0.472 e. The van der Waals surface area contributed by atoms with Crippen LogP contribution in [0.25, 0.3) is 0 Å². The number of hydrogen-bond donors (Lipinski definition) is 3. The van der Waals surface area contributed by atoms with E-state index in [0.29, 0.717) is 25.7 Å². The Kier molecular flexibility index (Phi) is 63.8. The van der Waals surface area contributed by atoms with Crippen molar-refractivity contribution in [3.05, 3.63) is 122 Å². The Morgan fingerprint density at radius 3 is 0.926 bits per heavy atom. The van der Waals surface area contributed by atoms with Crippen molar-refractivity contribution in [2.75, 3.05) is 39.6 Å². The van der Waals surface area contributed by atoms with E-state index in [1.165, 1.54) is 12.8 Å². The first-order valence-electron chi connectivity index (χ1n) is 35.8. The standard InChI is InChI=1S/C75H126O17P2/c1-5-9-13-17-21-25-29-32-34-37-40-43-47-51-55-59-72(77)85-65-70(91-74(79)61-57-53-49-45-39-28-24-20-16-12-8-4)67-89-93(81,82)87-63-69(76)64-88-94(83,84)90-68-71(92-75(80)62-58-54-50-46-42-36-31-27-23-19-15-11-7-3)66-86-73(78)60-56-52-48-44-41-38-35-33-30-26-22-18-14-10-6-2/h9-10,13-15,19-22,24-27,31-35,40,43,69-71,76H,5-8,11-12,16-18,23,28-30,36-39,41-42,44-68H2,1-4H3,(H,81,82)(H,83,84)/b13-9-,14-10-,19-15-,24-20-,25-21-,26-22-,31-27-,34-32-,35-33-,43-40-. The number of aliphatic hydroxyl groups is 1. The summed E-state index contributed by atoms with van der Waals surface area (Å²) in [4.78, 5) is 72.6. The van der Waals surface area contributed by atoms with Gasteiger partial charge in [-0.25, -0.2) is 9.13 Å². The first-order valence-corrected chi connectivity index (χ1v) is 38.8. The third kappa shape index (κ3) is 66.1. The van der Waals surface area contributed by atoms with E-state index in [1.807, 2.05) is 0 Å². The van der Waals surface area contributed by atoms with Crippen molar-refractivity contribution >= 4 is 39.5 Å². The molecule has 0 radical (unpaired) electrons. The van der Waals surface area contributed by atoms with Gasteiger partial charge < -0.3 is 33.8 Å². The van der Waals surface area contributed by atoms with Crippen molar-refractivity contribution in [3.8, 4) is 0 Å². The first-order chi connectivity index (χ1) is 45.7. The highest BCUT2D eigenvalue weighted by Crippen LogP contribution is 2.45. The molecule has 0 saturated carbocycles. The average Bonchev–Trinajstić information content (AvgIpc) is 1.35.